The first-order valence-corrected chi connectivity index (χ1v) is 9.88. The smallest absolute Gasteiger partial charge is 0.253 e. The average molecular weight is 406 g/mol. The largest absolute Gasteiger partial charge is 0.376 e. The zero-order valence-corrected chi connectivity index (χ0v) is 15.9. The Balaban J connectivity index is 1.56. The van der Waals surface area contributed by atoms with E-state index in [9.17, 15) is 18.4 Å². The van der Waals surface area contributed by atoms with Gasteiger partial charge < -0.3 is 15.4 Å². The van der Waals surface area contributed by atoms with Crippen LogP contribution in [0.15, 0.2) is 47.4 Å². The van der Waals surface area contributed by atoms with Gasteiger partial charge in [0.1, 0.15) is 0 Å². The summed E-state index contributed by atoms with van der Waals surface area (Å²) in [5.74, 6) is -2.54. The summed E-state index contributed by atoms with van der Waals surface area (Å²) in [6, 6.07) is 10.2. The van der Waals surface area contributed by atoms with Gasteiger partial charge in [0.05, 0.1) is 23.1 Å². The van der Waals surface area contributed by atoms with Crippen molar-refractivity contribution < 1.29 is 23.1 Å². The monoisotopic (exact) mass is 406 g/mol. The van der Waals surface area contributed by atoms with Crippen LogP contribution >= 0.6 is 11.8 Å². The van der Waals surface area contributed by atoms with E-state index in [0.717, 1.165) is 36.7 Å². The number of carbonyl (C=O) groups excluding carboxylic acids is 2. The molecule has 1 unspecified atom stereocenters. The summed E-state index contributed by atoms with van der Waals surface area (Å²) < 4.78 is 31.7. The van der Waals surface area contributed by atoms with Crippen molar-refractivity contribution in [3.63, 3.8) is 0 Å². The number of halogens is 2. The Bertz CT molecular complexity index is 857. The van der Waals surface area contributed by atoms with Crippen molar-refractivity contribution in [1.82, 2.24) is 5.32 Å². The second kappa shape index (κ2) is 9.66. The topological polar surface area (TPSA) is 67.4 Å². The van der Waals surface area contributed by atoms with E-state index < -0.39 is 11.6 Å². The van der Waals surface area contributed by atoms with E-state index in [1.807, 2.05) is 0 Å². The number of hydrogen-bond donors (Lipinski definition) is 2. The van der Waals surface area contributed by atoms with E-state index in [1.165, 1.54) is 6.07 Å². The zero-order chi connectivity index (χ0) is 19.9. The lowest BCUT2D eigenvalue weighted by Crippen LogP contribution is -2.32. The number of thioether (sulfide) groups is 1. The lowest BCUT2D eigenvalue weighted by molar-refractivity contribution is -0.113. The van der Waals surface area contributed by atoms with Crippen molar-refractivity contribution in [2.45, 2.75) is 23.8 Å². The van der Waals surface area contributed by atoms with Gasteiger partial charge in [0.15, 0.2) is 11.6 Å². The van der Waals surface area contributed by atoms with Crippen molar-refractivity contribution in [2.75, 3.05) is 24.2 Å². The fourth-order valence-electron chi connectivity index (χ4n) is 2.80. The maximum absolute atomic E-state index is 13.2. The molecule has 28 heavy (non-hydrogen) atoms. The van der Waals surface area contributed by atoms with Crippen LogP contribution in [0.5, 0.6) is 0 Å². The summed E-state index contributed by atoms with van der Waals surface area (Å²) in [6.45, 7) is 1.13. The molecule has 148 valence electrons. The van der Waals surface area contributed by atoms with Crippen LogP contribution in [0, 0.1) is 11.6 Å². The number of rotatable bonds is 7. The van der Waals surface area contributed by atoms with Gasteiger partial charge in [-0.2, -0.15) is 0 Å². The van der Waals surface area contributed by atoms with Crippen LogP contribution < -0.4 is 10.6 Å². The number of ether oxygens (including phenoxy) is 1. The predicted octanol–water partition coefficient (Wildman–Crippen LogP) is 3.60. The van der Waals surface area contributed by atoms with Crippen molar-refractivity contribution in [1.29, 1.82) is 0 Å². The Morgan fingerprint density at radius 2 is 1.96 bits per heavy atom. The van der Waals surface area contributed by atoms with Gasteiger partial charge >= 0.3 is 0 Å². The standard InChI is InChI=1S/C20H20F2N2O3S/c21-16-8-7-14(10-17(16)22)28-12-19(25)24-18-6-2-1-5-15(18)20(26)23-11-13-4-3-9-27-13/h1-2,5-8,10,13H,3-4,9,11-12H2,(H,23,26)(H,24,25). The maximum Gasteiger partial charge on any atom is 0.253 e. The molecule has 8 heteroatoms. The Kier molecular flexibility index (Phi) is 7.00. The third-order valence-electron chi connectivity index (χ3n) is 4.22. The van der Waals surface area contributed by atoms with E-state index >= 15 is 0 Å². The van der Waals surface area contributed by atoms with Gasteiger partial charge in [-0.15, -0.1) is 11.8 Å². The van der Waals surface area contributed by atoms with Gasteiger partial charge in [0, 0.05) is 18.0 Å². The zero-order valence-electron chi connectivity index (χ0n) is 15.0. The SMILES string of the molecule is O=C(CSc1ccc(F)c(F)c1)Nc1ccccc1C(=O)NCC1CCCO1. The number of benzene rings is 2. The molecule has 2 N–H and O–H groups in total. The Hall–Kier alpha value is -2.45. The van der Waals surface area contributed by atoms with Crippen LogP contribution in [-0.2, 0) is 9.53 Å². The molecular formula is C20H20F2N2O3S. The highest BCUT2D eigenvalue weighted by Crippen LogP contribution is 2.21. The second-order valence-corrected chi connectivity index (χ2v) is 7.35. The molecule has 0 saturated carbocycles. The van der Waals surface area contributed by atoms with Gasteiger partial charge in [-0.05, 0) is 43.2 Å². The molecule has 2 amide bonds. The van der Waals surface area contributed by atoms with Crippen LogP contribution in [-0.4, -0.2) is 36.8 Å². The molecule has 5 nitrogen and oxygen atoms in total. The fourth-order valence-corrected chi connectivity index (χ4v) is 3.52. The van der Waals surface area contributed by atoms with E-state index in [2.05, 4.69) is 10.6 Å². The summed E-state index contributed by atoms with van der Waals surface area (Å²) in [6.07, 6.45) is 1.93. The van der Waals surface area contributed by atoms with Crippen molar-refractivity contribution in [2.24, 2.45) is 0 Å². The van der Waals surface area contributed by atoms with E-state index in [1.54, 1.807) is 24.3 Å². The molecule has 0 bridgehead atoms. The number of carbonyl (C=O) groups is 2. The Morgan fingerprint density at radius 3 is 2.71 bits per heavy atom. The first kappa shape index (κ1) is 20.3. The summed E-state index contributed by atoms with van der Waals surface area (Å²) in [5.41, 5.74) is 0.745. The minimum Gasteiger partial charge on any atom is -0.376 e. The molecule has 2 aromatic rings. The minimum atomic E-state index is -0.960. The molecule has 0 spiro atoms. The molecule has 0 radical (unpaired) electrons. The number of nitrogens with one attached hydrogen (secondary N) is 2. The third-order valence-corrected chi connectivity index (χ3v) is 5.21. The predicted molar refractivity (Wildman–Crippen MR) is 103 cm³/mol. The molecule has 1 atom stereocenters. The molecule has 0 aromatic heterocycles. The number of amides is 2. The molecule has 2 aromatic carbocycles. The highest BCUT2D eigenvalue weighted by atomic mass is 32.2. The fraction of sp³-hybridized carbons (Fsp3) is 0.300. The summed E-state index contributed by atoms with van der Waals surface area (Å²) in [7, 11) is 0. The molecule has 0 aliphatic carbocycles. The van der Waals surface area contributed by atoms with Gasteiger partial charge in [0.2, 0.25) is 5.91 Å². The highest BCUT2D eigenvalue weighted by Gasteiger charge is 2.18. The summed E-state index contributed by atoms with van der Waals surface area (Å²) >= 11 is 1.08. The lowest BCUT2D eigenvalue weighted by atomic mass is 10.1. The first-order valence-electron chi connectivity index (χ1n) is 8.89. The van der Waals surface area contributed by atoms with Gasteiger partial charge in [-0.3, -0.25) is 9.59 Å². The van der Waals surface area contributed by atoms with Crippen molar-refractivity contribution >= 4 is 29.3 Å². The van der Waals surface area contributed by atoms with Crippen LogP contribution in [0.25, 0.3) is 0 Å². The average Bonchev–Trinajstić information content (AvgIpc) is 3.21. The molecule has 1 heterocycles. The lowest BCUT2D eigenvalue weighted by Gasteiger charge is -2.13. The van der Waals surface area contributed by atoms with Crippen molar-refractivity contribution in [3.05, 3.63) is 59.7 Å². The molecule has 1 saturated heterocycles. The van der Waals surface area contributed by atoms with Crippen LogP contribution in [0.4, 0.5) is 14.5 Å². The quantitative estimate of drug-likeness (QED) is 0.690. The number of anilines is 1. The normalized spacial score (nSPS) is 16.0. The molecule has 1 aliphatic heterocycles. The number of para-hydroxylation sites is 1. The van der Waals surface area contributed by atoms with Crippen molar-refractivity contribution in [3.8, 4) is 0 Å². The van der Waals surface area contributed by atoms with Gasteiger partial charge in [0.25, 0.3) is 5.91 Å². The molecule has 3 rings (SSSR count). The maximum atomic E-state index is 13.2. The van der Waals surface area contributed by atoms with E-state index in [0.29, 0.717) is 29.3 Å². The third kappa shape index (κ3) is 5.53. The summed E-state index contributed by atoms with van der Waals surface area (Å²) in [4.78, 5) is 25.1. The van der Waals surface area contributed by atoms with Gasteiger partial charge in [-0.1, -0.05) is 12.1 Å². The minimum absolute atomic E-state index is 0.00304. The molecule has 1 fully saturated rings. The van der Waals surface area contributed by atoms with Crippen LogP contribution in [0.2, 0.25) is 0 Å². The van der Waals surface area contributed by atoms with E-state index in [4.69, 9.17) is 4.74 Å². The number of hydrogen-bond acceptors (Lipinski definition) is 4. The van der Waals surface area contributed by atoms with E-state index in [-0.39, 0.29) is 23.7 Å². The second-order valence-electron chi connectivity index (χ2n) is 6.30. The van der Waals surface area contributed by atoms with Gasteiger partial charge in [-0.25, -0.2) is 8.78 Å². The van der Waals surface area contributed by atoms with Crippen LogP contribution in [0.3, 0.4) is 0 Å². The van der Waals surface area contributed by atoms with Crippen LogP contribution in [0.1, 0.15) is 23.2 Å². The first-order chi connectivity index (χ1) is 13.5. The molecular weight excluding hydrogens is 386 g/mol. The molecule has 1 aliphatic rings. The highest BCUT2D eigenvalue weighted by molar-refractivity contribution is 8.00. The Morgan fingerprint density at radius 1 is 1.14 bits per heavy atom. The summed E-state index contributed by atoms with van der Waals surface area (Å²) in [5, 5.41) is 5.52. The Labute approximate surface area is 165 Å².